The van der Waals surface area contributed by atoms with Gasteiger partial charge in [-0.3, -0.25) is 9.59 Å². The molecule has 0 aliphatic carbocycles. The van der Waals surface area contributed by atoms with Gasteiger partial charge in [0.15, 0.2) is 0 Å². The first kappa shape index (κ1) is 19.3. The maximum absolute atomic E-state index is 12.6. The number of carbonyl (C=O) groups is 2. The van der Waals surface area contributed by atoms with Crippen molar-refractivity contribution in [3.8, 4) is 5.75 Å². The van der Waals surface area contributed by atoms with E-state index in [9.17, 15) is 22.8 Å². The summed E-state index contributed by atoms with van der Waals surface area (Å²) in [4.78, 5) is 25.8. The number of hydrogen-bond donors (Lipinski definition) is 1. The molecule has 5 nitrogen and oxygen atoms in total. The topological polar surface area (TPSA) is 58.6 Å². The number of anilines is 2. The molecule has 1 aliphatic heterocycles. The highest BCUT2D eigenvalue weighted by Crippen LogP contribution is 2.31. The molecule has 10 heteroatoms. The Labute approximate surface area is 161 Å². The molecular formula is C17H11Cl2F3N2O3. The third kappa shape index (κ3) is 4.45. The highest BCUT2D eigenvalue weighted by atomic mass is 35.5. The Kier molecular flexibility index (Phi) is 5.21. The fraction of sp³-hybridized carbons (Fsp3) is 0.176. The molecule has 1 aliphatic rings. The molecule has 1 saturated heterocycles. The number of nitrogens with one attached hydrogen (secondary N) is 1. The predicted molar refractivity (Wildman–Crippen MR) is 94.1 cm³/mol. The zero-order valence-corrected chi connectivity index (χ0v) is 14.9. The molecule has 1 fully saturated rings. The maximum Gasteiger partial charge on any atom is 0.573 e. The lowest BCUT2D eigenvalue weighted by atomic mass is 10.2. The van der Waals surface area contributed by atoms with E-state index in [2.05, 4.69) is 10.1 Å². The van der Waals surface area contributed by atoms with Crippen LogP contribution >= 0.6 is 23.2 Å². The Bertz CT molecular complexity index is 888. The Morgan fingerprint density at radius 3 is 2.30 bits per heavy atom. The molecule has 0 bridgehead atoms. The lowest BCUT2D eigenvalue weighted by molar-refractivity contribution is -0.274. The van der Waals surface area contributed by atoms with Crippen molar-refractivity contribution in [2.75, 3.05) is 10.2 Å². The molecule has 142 valence electrons. The van der Waals surface area contributed by atoms with Crippen molar-refractivity contribution in [3.05, 3.63) is 52.5 Å². The summed E-state index contributed by atoms with van der Waals surface area (Å²) in [6.45, 7) is 0. The number of halogens is 5. The maximum atomic E-state index is 12.6. The standard InChI is InChI=1S/C17H11Cl2F3N2O3/c18-12-6-3-10(7-13(12)19)24-15(25)8-14(16(24)26)23-9-1-4-11(5-2-9)27-17(20,21)22/h1-7,14,23H,8H2. The lowest BCUT2D eigenvalue weighted by Crippen LogP contribution is -2.34. The van der Waals surface area contributed by atoms with Gasteiger partial charge in [-0.2, -0.15) is 0 Å². The monoisotopic (exact) mass is 418 g/mol. The second-order valence-electron chi connectivity index (χ2n) is 5.64. The Morgan fingerprint density at radius 2 is 1.70 bits per heavy atom. The summed E-state index contributed by atoms with van der Waals surface area (Å²) < 4.78 is 40.3. The van der Waals surface area contributed by atoms with Gasteiger partial charge in [-0.25, -0.2) is 4.90 Å². The van der Waals surface area contributed by atoms with E-state index in [1.807, 2.05) is 0 Å². The van der Waals surface area contributed by atoms with E-state index in [1.54, 1.807) is 0 Å². The van der Waals surface area contributed by atoms with Crippen LogP contribution in [0.4, 0.5) is 24.5 Å². The van der Waals surface area contributed by atoms with Crippen LogP contribution in [-0.2, 0) is 9.59 Å². The molecule has 27 heavy (non-hydrogen) atoms. The number of ether oxygens (including phenoxy) is 1. The first-order valence-corrected chi connectivity index (χ1v) is 8.34. The van der Waals surface area contributed by atoms with E-state index < -0.39 is 24.2 Å². The van der Waals surface area contributed by atoms with E-state index in [0.29, 0.717) is 5.69 Å². The third-order valence-electron chi connectivity index (χ3n) is 3.74. The molecule has 2 aromatic rings. The first-order valence-electron chi connectivity index (χ1n) is 7.58. The van der Waals surface area contributed by atoms with Crippen molar-refractivity contribution < 1.29 is 27.5 Å². The molecule has 1 heterocycles. The number of rotatable bonds is 4. The number of hydrogen-bond acceptors (Lipinski definition) is 4. The van der Waals surface area contributed by atoms with Gasteiger partial charge in [0.05, 0.1) is 22.2 Å². The minimum atomic E-state index is -4.79. The van der Waals surface area contributed by atoms with E-state index in [-0.39, 0.29) is 27.9 Å². The summed E-state index contributed by atoms with van der Waals surface area (Å²) in [7, 11) is 0. The number of benzene rings is 2. The molecule has 2 aromatic carbocycles. The van der Waals surface area contributed by atoms with E-state index in [1.165, 1.54) is 30.3 Å². The van der Waals surface area contributed by atoms with Gasteiger partial charge in [-0.05, 0) is 42.5 Å². The van der Waals surface area contributed by atoms with E-state index >= 15 is 0 Å². The van der Waals surface area contributed by atoms with E-state index in [0.717, 1.165) is 17.0 Å². The molecule has 0 aromatic heterocycles. The van der Waals surface area contributed by atoms with Crippen LogP contribution in [0.15, 0.2) is 42.5 Å². The van der Waals surface area contributed by atoms with Gasteiger partial charge in [0.2, 0.25) is 5.91 Å². The van der Waals surface area contributed by atoms with Crippen molar-refractivity contribution >= 4 is 46.4 Å². The van der Waals surface area contributed by atoms with Crippen LogP contribution < -0.4 is 15.0 Å². The van der Waals surface area contributed by atoms with Crippen molar-refractivity contribution in [2.45, 2.75) is 18.8 Å². The number of carbonyl (C=O) groups excluding carboxylic acids is 2. The minimum Gasteiger partial charge on any atom is -0.406 e. The summed E-state index contributed by atoms with van der Waals surface area (Å²) in [5.41, 5.74) is 0.657. The molecule has 0 spiro atoms. The van der Waals surface area contributed by atoms with Gasteiger partial charge in [-0.1, -0.05) is 23.2 Å². The molecular weight excluding hydrogens is 408 g/mol. The number of nitrogens with zero attached hydrogens (tertiary/aromatic N) is 1. The first-order chi connectivity index (χ1) is 12.6. The van der Waals surface area contributed by atoms with Crippen LogP contribution in [0.1, 0.15) is 6.42 Å². The largest absolute Gasteiger partial charge is 0.573 e. The van der Waals surface area contributed by atoms with Crippen molar-refractivity contribution in [1.29, 1.82) is 0 Å². The Balaban J connectivity index is 1.72. The van der Waals surface area contributed by atoms with Crippen LogP contribution in [0.2, 0.25) is 10.0 Å². The molecule has 1 atom stereocenters. The van der Waals surface area contributed by atoms with Crippen molar-refractivity contribution in [3.63, 3.8) is 0 Å². The summed E-state index contributed by atoms with van der Waals surface area (Å²) in [6, 6.07) is 8.37. The average Bonchev–Trinajstić information content (AvgIpc) is 2.85. The Hall–Kier alpha value is -2.45. The number of amides is 2. The number of alkyl halides is 3. The highest BCUT2D eigenvalue weighted by molar-refractivity contribution is 6.42. The fourth-order valence-corrected chi connectivity index (χ4v) is 2.89. The fourth-order valence-electron chi connectivity index (χ4n) is 2.59. The van der Waals surface area contributed by atoms with Gasteiger partial charge in [0.25, 0.3) is 5.91 Å². The average molecular weight is 419 g/mol. The highest BCUT2D eigenvalue weighted by Gasteiger charge is 2.39. The van der Waals surface area contributed by atoms with Gasteiger partial charge in [0, 0.05) is 5.69 Å². The minimum absolute atomic E-state index is 0.111. The molecule has 0 radical (unpaired) electrons. The Morgan fingerprint density at radius 1 is 1.04 bits per heavy atom. The summed E-state index contributed by atoms with van der Waals surface area (Å²) in [6.07, 6.45) is -4.90. The quantitative estimate of drug-likeness (QED) is 0.734. The second kappa shape index (κ2) is 7.28. The zero-order chi connectivity index (χ0) is 19.8. The van der Waals surface area contributed by atoms with Gasteiger partial charge in [0.1, 0.15) is 11.8 Å². The van der Waals surface area contributed by atoms with E-state index in [4.69, 9.17) is 23.2 Å². The van der Waals surface area contributed by atoms with Crippen LogP contribution in [0.5, 0.6) is 5.75 Å². The zero-order valence-electron chi connectivity index (χ0n) is 13.4. The van der Waals surface area contributed by atoms with Gasteiger partial charge < -0.3 is 10.1 Å². The predicted octanol–water partition coefficient (Wildman–Crippen LogP) is 4.64. The van der Waals surface area contributed by atoms with Crippen LogP contribution in [-0.4, -0.2) is 24.2 Å². The molecule has 0 saturated carbocycles. The molecule has 2 amide bonds. The van der Waals surface area contributed by atoms with Crippen LogP contribution in [0.25, 0.3) is 0 Å². The van der Waals surface area contributed by atoms with Crippen LogP contribution in [0.3, 0.4) is 0 Å². The molecule has 3 rings (SSSR count). The summed E-state index contributed by atoms with van der Waals surface area (Å²) >= 11 is 11.8. The third-order valence-corrected chi connectivity index (χ3v) is 4.48. The molecule has 1 N–H and O–H groups in total. The molecule has 1 unspecified atom stereocenters. The lowest BCUT2D eigenvalue weighted by Gasteiger charge is -2.17. The van der Waals surface area contributed by atoms with Crippen molar-refractivity contribution in [2.24, 2.45) is 0 Å². The summed E-state index contributed by atoms with van der Waals surface area (Å²) in [5, 5.41) is 3.32. The smallest absolute Gasteiger partial charge is 0.406 e. The summed E-state index contributed by atoms with van der Waals surface area (Å²) in [5.74, 6) is -1.33. The normalized spacial score (nSPS) is 17.4. The SMILES string of the molecule is O=C1CC(Nc2ccc(OC(F)(F)F)cc2)C(=O)N1c1ccc(Cl)c(Cl)c1. The second-order valence-corrected chi connectivity index (χ2v) is 6.45. The van der Waals surface area contributed by atoms with Gasteiger partial charge >= 0.3 is 6.36 Å². The number of imide groups is 1. The van der Waals surface area contributed by atoms with Gasteiger partial charge in [-0.15, -0.1) is 13.2 Å². The van der Waals surface area contributed by atoms with Crippen LogP contribution in [0, 0.1) is 0 Å². The van der Waals surface area contributed by atoms with Crippen molar-refractivity contribution in [1.82, 2.24) is 0 Å².